The molecular formula is C20H21N3+2. The molecule has 0 aliphatic heterocycles. The summed E-state index contributed by atoms with van der Waals surface area (Å²) in [5.41, 5.74) is 7.40. The van der Waals surface area contributed by atoms with Crippen LogP contribution in [0.25, 0.3) is 22.4 Å². The summed E-state index contributed by atoms with van der Waals surface area (Å²) in [5, 5.41) is 0. The van der Waals surface area contributed by atoms with Crippen molar-refractivity contribution in [2.24, 2.45) is 14.1 Å². The van der Waals surface area contributed by atoms with Crippen molar-refractivity contribution in [1.29, 1.82) is 0 Å². The van der Waals surface area contributed by atoms with E-state index in [0.29, 0.717) is 0 Å². The first-order valence-corrected chi connectivity index (χ1v) is 7.93. The maximum atomic E-state index is 4.81. The number of aryl methyl sites for hydroxylation is 2. The second-order valence-electron chi connectivity index (χ2n) is 6.94. The molecule has 0 saturated heterocycles. The molecule has 3 aromatic heterocycles. The predicted molar refractivity (Wildman–Crippen MR) is 89.6 cm³/mol. The second kappa shape index (κ2) is 4.72. The molecule has 1 aliphatic rings. The Labute approximate surface area is 136 Å². The van der Waals surface area contributed by atoms with Gasteiger partial charge in [0.2, 0.25) is 0 Å². The van der Waals surface area contributed by atoms with Crippen LogP contribution in [0.1, 0.15) is 25.0 Å². The number of aromatic nitrogens is 3. The molecule has 3 heterocycles. The zero-order valence-electron chi connectivity index (χ0n) is 14.0. The van der Waals surface area contributed by atoms with Gasteiger partial charge in [-0.2, -0.15) is 0 Å². The highest BCUT2D eigenvalue weighted by molar-refractivity contribution is 5.79. The molecule has 1 aliphatic carbocycles. The van der Waals surface area contributed by atoms with E-state index in [1.807, 2.05) is 17.8 Å². The highest BCUT2D eigenvalue weighted by Crippen LogP contribution is 2.47. The third-order valence-electron chi connectivity index (χ3n) is 4.90. The summed E-state index contributed by atoms with van der Waals surface area (Å²) >= 11 is 0. The minimum atomic E-state index is -0.0217. The van der Waals surface area contributed by atoms with Crippen molar-refractivity contribution in [3.8, 4) is 22.4 Å². The summed E-state index contributed by atoms with van der Waals surface area (Å²) < 4.78 is 4.16. The fourth-order valence-electron chi connectivity index (χ4n) is 3.45. The molecule has 0 atom stereocenters. The first kappa shape index (κ1) is 14.1. The normalized spacial score (nSPS) is 14.4. The van der Waals surface area contributed by atoms with Crippen molar-refractivity contribution in [3.05, 3.63) is 66.4 Å². The highest BCUT2D eigenvalue weighted by Gasteiger charge is 2.38. The minimum Gasteiger partial charge on any atom is -0.255 e. The Balaban J connectivity index is 1.90. The Hall–Kier alpha value is -2.55. The molecule has 3 aromatic rings. The van der Waals surface area contributed by atoms with Gasteiger partial charge in [-0.1, -0.05) is 13.8 Å². The van der Waals surface area contributed by atoms with Gasteiger partial charge in [-0.3, -0.25) is 4.98 Å². The lowest BCUT2D eigenvalue weighted by atomic mass is 9.83. The molecule has 23 heavy (non-hydrogen) atoms. The topological polar surface area (TPSA) is 20.6 Å². The van der Waals surface area contributed by atoms with Gasteiger partial charge < -0.3 is 0 Å². The van der Waals surface area contributed by atoms with Crippen molar-refractivity contribution in [2.75, 3.05) is 0 Å². The van der Waals surface area contributed by atoms with Crippen LogP contribution in [0.15, 0.2) is 55.2 Å². The monoisotopic (exact) mass is 303 g/mol. The molecule has 4 rings (SSSR count). The number of rotatable bonds is 1. The van der Waals surface area contributed by atoms with Crippen LogP contribution < -0.4 is 9.13 Å². The Kier molecular flexibility index (Phi) is 2.89. The molecule has 3 heteroatoms. The lowest BCUT2D eigenvalue weighted by Gasteiger charge is -2.20. The van der Waals surface area contributed by atoms with E-state index in [1.54, 1.807) is 0 Å². The van der Waals surface area contributed by atoms with Crippen molar-refractivity contribution in [2.45, 2.75) is 19.3 Å². The van der Waals surface area contributed by atoms with Crippen molar-refractivity contribution < 1.29 is 9.13 Å². The van der Waals surface area contributed by atoms with Crippen LogP contribution in [0, 0.1) is 0 Å². The molecule has 0 unspecified atom stereocenters. The molecular weight excluding hydrogens is 282 g/mol. The van der Waals surface area contributed by atoms with Crippen LogP contribution in [0.3, 0.4) is 0 Å². The average Bonchev–Trinajstić information content (AvgIpc) is 2.76. The summed E-state index contributed by atoms with van der Waals surface area (Å²) in [5.74, 6) is 0. The molecule has 114 valence electrons. The number of pyridine rings is 3. The fourth-order valence-corrected chi connectivity index (χ4v) is 3.45. The Morgan fingerprint density at radius 3 is 2.30 bits per heavy atom. The molecule has 0 spiro atoms. The van der Waals surface area contributed by atoms with Crippen LogP contribution >= 0.6 is 0 Å². The van der Waals surface area contributed by atoms with E-state index in [-0.39, 0.29) is 5.41 Å². The molecule has 0 radical (unpaired) electrons. The van der Waals surface area contributed by atoms with Gasteiger partial charge in [0.25, 0.3) is 0 Å². The van der Waals surface area contributed by atoms with E-state index in [4.69, 9.17) is 4.98 Å². The van der Waals surface area contributed by atoms with E-state index in [2.05, 4.69) is 74.5 Å². The van der Waals surface area contributed by atoms with Gasteiger partial charge in [-0.05, 0) is 17.2 Å². The fraction of sp³-hybridized carbons (Fsp3) is 0.250. The molecule has 0 bridgehead atoms. The largest absolute Gasteiger partial charge is 0.255 e. The number of hydrogen-bond acceptors (Lipinski definition) is 1. The Morgan fingerprint density at radius 2 is 1.57 bits per heavy atom. The van der Waals surface area contributed by atoms with Gasteiger partial charge >= 0.3 is 0 Å². The van der Waals surface area contributed by atoms with Gasteiger partial charge in [0, 0.05) is 46.5 Å². The van der Waals surface area contributed by atoms with Gasteiger partial charge in [-0.25, -0.2) is 9.13 Å². The van der Waals surface area contributed by atoms with Crippen molar-refractivity contribution in [1.82, 2.24) is 4.98 Å². The quantitative estimate of drug-likeness (QED) is 0.633. The zero-order valence-corrected chi connectivity index (χ0v) is 14.0. The number of hydrogen-bond donors (Lipinski definition) is 0. The SMILES string of the molecule is C[n+]1ccc(-c2cnc3c(c2)C(C)(C)c2c[n+](C)ccc2-3)cc1. The summed E-state index contributed by atoms with van der Waals surface area (Å²) in [6, 6.07) is 8.76. The van der Waals surface area contributed by atoms with Gasteiger partial charge in [-0.15, -0.1) is 0 Å². The Morgan fingerprint density at radius 1 is 0.870 bits per heavy atom. The molecule has 0 aromatic carbocycles. The van der Waals surface area contributed by atoms with Crippen LogP contribution in [-0.2, 0) is 19.5 Å². The third kappa shape index (κ3) is 2.07. The summed E-state index contributed by atoms with van der Waals surface area (Å²) in [6.45, 7) is 4.57. The second-order valence-corrected chi connectivity index (χ2v) is 6.94. The van der Waals surface area contributed by atoms with E-state index in [1.165, 1.54) is 27.8 Å². The maximum Gasteiger partial charge on any atom is 0.173 e. The Bertz CT molecular complexity index is 909. The molecule has 3 nitrogen and oxygen atoms in total. The minimum absolute atomic E-state index is 0.0217. The molecule has 0 N–H and O–H groups in total. The lowest BCUT2D eigenvalue weighted by molar-refractivity contribution is -0.671. The van der Waals surface area contributed by atoms with E-state index in [9.17, 15) is 0 Å². The average molecular weight is 303 g/mol. The standard InChI is InChI=1S/C20H21N3/c1-20(2)17-11-15(14-5-8-22(3)9-6-14)12-21-19(17)16-7-10-23(4)13-18(16)20/h5-13H,1-4H3/q+2. The zero-order chi connectivity index (χ0) is 16.2. The van der Waals surface area contributed by atoms with E-state index >= 15 is 0 Å². The molecule has 0 saturated carbocycles. The first-order chi connectivity index (χ1) is 11.0. The highest BCUT2D eigenvalue weighted by atomic mass is 14.9. The number of fused-ring (bicyclic) bond motifs is 3. The number of nitrogens with zero attached hydrogens (tertiary/aromatic N) is 3. The summed E-state index contributed by atoms with van der Waals surface area (Å²) in [7, 11) is 4.10. The molecule has 0 fully saturated rings. The van der Waals surface area contributed by atoms with Gasteiger partial charge in [0.1, 0.15) is 14.1 Å². The third-order valence-corrected chi connectivity index (χ3v) is 4.90. The van der Waals surface area contributed by atoms with Gasteiger partial charge in [0.15, 0.2) is 24.8 Å². The summed E-state index contributed by atoms with van der Waals surface area (Å²) in [6.07, 6.45) is 10.5. The van der Waals surface area contributed by atoms with Crippen LogP contribution in [0.5, 0.6) is 0 Å². The lowest BCUT2D eigenvalue weighted by Crippen LogP contribution is -2.29. The van der Waals surface area contributed by atoms with Gasteiger partial charge in [0.05, 0.1) is 5.69 Å². The van der Waals surface area contributed by atoms with Crippen molar-refractivity contribution >= 4 is 0 Å². The smallest absolute Gasteiger partial charge is 0.173 e. The van der Waals surface area contributed by atoms with Crippen LogP contribution in [0.4, 0.5) is 0 Å². The maximum absolute atomic E-state index is 4.81. The molecule has 0 amide bonds. The van der Waals surface area contributed by atoms with E-state index < -0.39 is 0 Å². The van der Waals surface area contributed by atoms with Crippen LogP contribution in [0.2, 0.25) is 0 Å². The predicted octanol–water partition coefficient (Wildman–Crippen LogP) is 2.70. The first-order valence-electron chi connectivity index (χ1n) is 7.93. The van der Waals surface area contributed by atoms with E-state index in [0.717, 1.165) is 5.69 Å². The van der Waals surface area contributed by atoms with Crippen LogP contribution in [-0.4, -0.2) is 4.98 Å². The summed E-state index contributed by atoms with van der Waals surface area (Å²) in [4.78, 5) is 4.81. The van der Waals surface area contributed by atoms with Crippen molar-refractivity contribution in [3.63, 3.8) is 0 Å².